The number of nitro benzene ring substituents is 1. The second-order valence-electron chi connectivity index (χ2n) is 6.13. The Morgan fingerprint density at radius 3 is 3.00 bits per heavy atom. The monoisotopic (exact) mass is 333 g/mol. The van der Waals surface area contributed by atoms with Crippen molar-refractivity contribution >= 4 is 11.6 Å². The van der Waals surface area contributed by atoms with Gasteiger partial charge in [0.2, 0.25) is 0 Å². The number of nitro groups is 1. The summed E-state index contributed by atoms with van der Waals surface area (Å²) in [4.78, 5) is 19.5. The molecular weight excluding hydrogens is 306 g/mol. The zero-order chi connectivity index (χ0) is 17.5. The summed E-state index contributed by atoms with van der Waals surface area (Å²) in [5.74, 6) is 0.810. The minimum Gasteiger partial charge on any atom is -0.352 e. The van der Waals surface area contributed by atoms with Gasteiger partial charge < -0.3 is 10.2 Å². The predicted octanol–water partition coefficient (Wildman–Crippen LogP) is 2.09. The third kappa shape index (κ3) is 4.67. The van der Waals surface area contributed by atoms with Crippen molar-refractivity contribution in [1.82, 2.24) is 15.1 Å². The zero-order valence-corrected chi connectivity index (χ0v) is 14.7. The van der Waals surface area contributed by atoms with Gasteiger partial charge in [0.05, 0.1) is 4.92 Å². The highest BCUT2D eigenvalue weighted by atomic mass is 16.6. The lowest BCUT2D eigenvalue weighted by Gasteiger charge is -2.29. The number of nitrogens with one attached hydrogen (secondary N) is 1. The molecule has 0 radical (unpaired) electrons. The summed E-state index contributed by atoms with van der Waals surface area (Å²) in [6.45, 7) is 5.91. The van der Waals surface area contributed by atoms with Gasteiger partial charge >= 0.3 is 0 Å². The van der Waals surface area contributed by atoms with Crippen LogP contribution in [0.5, 0.6) is 0 Å². The fourth-order valence-corrected chi connectivity index (χ4v) is 3.27. The number of benzene rings is 1. The van der Waals surface area contributed by atoms with Gasteiger partial charge in [0.25, 0.3) is 5.69 Å². The topological polar surface area (TPSA) is 74.0 Å². The fraction of sp³-hybridized carbons (Fsp3) is 0.588. The molecule has 7 heteroatoms. The lowest BCUT2D eigenvalue weighted by molar-refractivity contribution is -0.384. The normalized spacial score (nSPS) is 18.6. The number of likely N-dealkylation sites (N-methyl/N-ethyl adjacent to an activating group) is 2. The number of likely N-dealkylation sites (tertiary alicyclic amines) is 1. The average molecular weight is 333 g/mol. The van der Waals surface area contributed by atoms with Gasteiger partial charge in [0.1, 0.15) is 0 Å². The summed E-state index contributed by atoms with van der Waals surface area (Å²) in [5.41, 5.74) is 0.983. The molecule has 0 aromatic heterocycles. The summed E-state index contributed by atoms with van der Waals surface area (Å²) in [5, 5.41) is 14.1. The smallest absolute Gasteiger partial charge is 0.269 e. The Balaban J connectivity index is 1.92. The van der Waals surface area contributed by atoms with Gasteiger partial charge in [-0.1, -0.05) is 19.1 Å². The van der Waals surface area contributed by atoms with E-state index in [-0.39, 0.29) is 10.6 Å². The van der Waals surface area contributed by atoms with Gasteiger partial charge in [-0.25, -0.2) is 0 Å². The van der Waals surface area contributed by atoms with Crippen molar-refractivity contribution in [2.45, 2.75) is 32.4 Å². The molecule has 1 unspecified atom stereocenters. The number of hydrogen-bond donors (Lipinski definition) is 1. The highest BCUT2D eigenvalue weighted by molar-refractivity contribution is 5.79. The summed E-state index contributed by atoms with van der Waals surface area (Å²) in [7, 11) is 3.80. The van der Waals surface area contributed by atoms with E-state index in [2.05, 4.69) is 27.0 Å². The van der Waals surface area contributed by atoms with Crippen LogP contribution in [0, 0.1) is 10.1 Å². The third-order valence-electron chi connectivity index (χ3n) is 4.54. The molecule has 1 aromatic carbocycles. The largest absolute Gasteiger partial charge is 0.352 e. The Labute approximate surface area is 143 Å². The molecule has 0 saturated carbocycles. The molecule has 132 valence electrons. The quantitative estimate of drug-likeness (QED) is 0.373. The van der Waals surface area contributed by atoms with Gasteiger partial charge in [-0.2, -0.15) is 0 Å². The van der Waals surface area contributed by atoms with Crippen molar-refractivity contribution in [1.29, 1.82) is 0 Å². The van der Waals surface area contributed by atoms with E-state index in [1.165, 1.54) is 25.5 Å². The van der Waals surface area contributed by atoms with Gasteiger partial charge in [-0.05, 0) is 31.5 Å². The van der Waals surface area contributed by atoms with Crippen LogP contribution in [0.4, 0.5) is 5.69 Å². The summed E-state index contributed by atoms with van der Waals surface area (Å²) in [6.07, 6.45) is 2.48. The van der Waals surface area contributed by atoms with Crippen LogP contribution in [0.3, 0.4) is 0 Å². The second-order valence-corrected chi connectivity index (χ2v) is 6.13. The first-order valence-electron chi connectivity index (χ1n) is 8.44. The standard InChI is InChI=1S/C17H27N5O2/c1-4-21-10-6-9-16(21)13-20(3)17(18-2)19-12-14-7-5-8-15(11-14)22(23)24/h5,7-8,11,16H,4,6,9-10,12-13H2,1-3H3,(H,18,19). The first-order valence-corrected chi connectivity index (χ1v) is 8.44. The van der Waals surface area contributed by atoms with E-state index in [1.54, 1.807) is 19.2 Å². The van der Waals surface area contributed by atoms with Crippen molar-refractivity contribution in [3.05, 3.63) is 39.9 Å². The molecule has 1 saturated heterocycles. The van der Waals surface area contributed by atoms with E-state index in [9.17, 15) is 10.1 Å². The van der Waals surface area contributed by atoms with Crippen LogP contribution in [0.2, 0.25) is 0 Å². The van der Waals surface area contributed by atoms with Crippen LogP contribution < -0.4 is 5.32 Å². The van der Waals surface area contributed by atoms with Gasteiger partial charge in [-0.3, -0.25) is 20.0 Å². The maximum absolute atomic E-state index is 10.9. The van der Waals surface area contributed by atoms with Gasteiger partial charge in [-0.15, -0.1) is 0 Å². The molecule has 0 amide bonds. The van der Waals surface area contributed by atoms with Crippen molar-refractivity contribution in [3.63, 3.8) is 0 Å². The number of aliphatic imine (C=N–C) groups is 1. The molecule has 2 rings (SSSR count). The predicted molar refractivity (Wildman–Crippen MR) is 96.2 cm³/mol. The van der Waals surface area contributed by atoms with Crippen LogP contribution in [0.15, 0.2) is 29.3 Å². The summed E-state index contributed by atoms with van der Waals surface area (Å²) >= 11 is 0. The highest BCUT2D eigenvalue weighted by Crippen LogP contribution is 2.17. The van der Waals surface area contributed by atoms with Crippen molar-refractivity contribution < 1.29 is 4.92 Å². The minimum atomic E-state index is -0.371. The maximum Gasteiger partial charge on any atom is 0.269 e. The van der Waals surface area contributed by atoms with Crippen molar-refractivity contribution in [3.8, 4) is 0 Å². The molecule has 1 aliphatic heterocycles. The Kier molecular flexibility index (Phi) is 6.54. The van der Waals surface area contributed by atoms with Crippen molar-refractivity contribution in [2.24, 2.45) is 4.99 Å². The SMILES string of the molecule is CCN1CCCC1CN(C)C(=NC)NCc1cccc([N+](=O)[O-])c1. The average Bonchev–Trinajstić information content (AvgIpc) is 3.02. The Morgan fingerprint density at radius 2 is 2.33 bits per heavy atom. The Morgan fingerprint density at radius 1 is 1.54 bits per heavy atom. The molecule has 1 aromatic rings. The minimum absolute atomic E-state index is 0.113. The summed E-state index contributed by atoms with van der Waals surface area (Å²) < 4.78 is 0. The number of non-ortho nitro benzene ring substituents is 1. The summed E-state index contributed by atoms with van der Waals surface area (Å²) in [6, 6.07) is 7.25. The number of rotatable bonds is 6. The highest BCUT2D eigenvalue weighted by Gasteiger charge is 2.24. The molecular formula is C17H27N5O2. The molecule has 0 aliphatic carbocycles. The zero-order valence-electron chi connectivity index (χ0n) is 14.7. The van der Waals surface area contributed by atoms with Crippen LogP contribution in [-0.4, -0.2) is 60.5 Å². The van der Waals surface area contributed by atoms with Crippen LogP contribution in [-0.2, 0) is 6.54 Å². The van der Waals surface area contributed by atoms with E-state index in [0.717, 1.165) is 24.6 Å². The van der Waals surface area contributed by atoms with Gasteiger partial charge in [0, 0.05) is 45.4 Å². The molecule has 1 atom stereocenters. The second kappa shape index (κ2) is 8.63. The molecule has 1 fully saturated rings. The molecule has 7 nitrogen and oxygen atoms in total. The molecule has 0 bridgehead atoms. The van der Waals surface area contributed by atoms with E-state index in [0.29, 0.717) is 12.6 Å². The lowest BCUT2D eigenvalue weighted by atomic mass is 10.2. The number of hydrogen-bond acceptors (Lipinski definition) is 4. The third-order valence-corrected chi connectivity index (χ3v) is 4.54. The molecule has 1 heterocycles. The lowest BCUT2D eigenvalue weighted by Crippen LogP contribution is -2.45. The fourth-order valence-electron chi connectivity index (χ4n) is 3.27. The number of guanidine groups is 1. The van der Waals surface area contributed by atoms with Crippen LogP contribution >= 0.6 is 0 Å². The first kappa shape index (κ1) is 18.2. The van der Waals surface area contributed by atoms with Gasteiger partial charge in [0.15, 0.2) is 5.96 Å². The Hall–Kier alpha value is -2.15. The van der Waals surface area contributed by atoms with E-state index in [4.69, 9.17) is 0 Å². The Bertz CT molecular complexity index is 590. The van der Waals surface area contributed by atoms with E-state index >= 15 is 0 Å². The molecule has 0 spiro atoms. The van der Waals surface area contributed by atoms with Crippen LogP contribution in [0.1, 0.15) is 25.3 Å². The molecule has 24 heavy (non-hydrogen) atoms. The molecule has 1 aliphatic rings. The molecule has 1 N–H and O–H groups in total. The first-order chi connectivity index (χ1) is 11.5. The van der Waals surface area contributed by atoms with Crippen molar-refractivity contribution in [2.75, 3.05) is 33.7 Å². The van der Waals surface area contributed by atoms with Crippen LogP contribution in [0.25, 0.3) is 0 Å². The van der Waals surface area contributed by atoms with E-state index < -0.39 is 0 Å². The number of nitrogens with zero attached hydrogens (tertiary/aromatic N) is 4. The van der Waals surface area contributed by atoms with E-state index in [1.807, 2.05) is 13.1 Å². The maximum atomic E-state index is 10.9.